The Kier molecular flexibility index (Phi) is 5.36. The third-order valence-electron chi connectivity index (χ3n) is 2.06. The van der Waals surface area contributed by atoms with Gasteiger partial charge >= 0.3 is 5.97 Å². The Bertz CT molecular complexity index is 478. The van der Waals surface area contributed by atoms with Crippen LogP contribution in [0.2, 0.25) is 5.02 Å². The minimum Gasteiger partial charge on any atom is -0.460 e. The van der Waals surface area contributed by atoms with Crippen molar-refractivity contribution >= 4 is 23.3 Å². The summed E-state index contributed by atoms with van der Waals surface area (Å²) in [6, 6.07) is 7.91. The molecule has 0 saturated heterocycles. The molecule has 0 amide bonds. The first-order chi connectivity index (χ1) is 8.83. The molecule has 1 aromatic rings. The van der Waals surface area contributed by atoms with E-state index in [1.54, 1.807) is 39.0 Å². The molecule has 4 nitrogen and oxygen atoms in total. The largest absolute Gasteiger partial charge is 0.460 e. The molecule has 0 bridgehead atoms. The lowest BCUT2D eigenvalue weighted by molar-refractivity contribution is -0.153. The van der Waals surface area contributed by atoms with E-state index >= 15 is 0 Å². The number of halogens is 1. The molecule has 1 aromatic carbocycles. The Morgan fingerprint density at radius 2 is 2.16 bits per heavy atom. The molecule has 0 aliphatic rings. The fourth-order valence-electron chi connectivity index (χ4n) is 1.43. The Labute approximate surface area is 118 Å². The van der Waals surface area contributed by atoms with Crippen molar-refractivity contribution in [1.29, 1.82) is 0 Å². The van der Waals surface area contributed by atoms with Gasteiger partial charge in [0.15, 0.2) is 0 Å². The second-order valence-corrected chi connectivity index (χ2v) is 5.30. The van der Waals surface area contributed by atoms with E-state index < -0.39 is 5.60 Å². The number of nitrogens with zero attached hydrogens (tertiary/aromatic N) is 1. The Morgan fingerprint density at radius 1 is 1.47 bits per heavy atom. The van der Waals surface area contributed by atoms with Gasteiger partial charge in [-0.3, -0.25) is 4.79 Å². The van der Waals surface area contributed by atoms with E-state index in [1.165, 1.54) is 7.11 Å². The predicted octanol–water partition coefficient (Wildman–Crippen LogP) is 3.22. The molecule has 5 heteroatoms. The Balaban J connectivity index is 2.90. The van der Waals surface area contributed by atoms with E-state index in [1.807, 2.05) is 0 Å². The number of rotatable bonds is 4. The van der Waals surface area contributed by atoms with Crippen molar-refractivity contribution in [3.8, 4) is 0 Å². The summed E-state index contributed by atoms with van der Waals surface area (Å²) in [5.74, 6) is -0.386. The molecule has 1 radical (unpaired) electrons. The summed E-state index contributed by atoms with van der Waals surface area (Å²) in [6.07, 6.45) is -0.0112. The van der Waals surface area contributed by atoms with Crippen molar-refractivity contribution in [1.82, 2.24) is 0 Å². The Hall–Kier alpha value is -1.55. The zero-order valence-corrected chi connectivity index (χ0v) is 12.2. The second-order valence-electron chi connectivity index (χ2n) is 4.89. The smallest absolute Gasteiger partial charge is 0.312 e. The maximum Gasteiger partial charge on any atom is 0.312 e. The SMILES string of the molecule is CON=C(CC(=O)OC(C)(C)C)c1c[c]ccc1Cl. The van der Waals surface area contributed by atoms with E-state index in [0.29, 0.717) is 16.3 Å². The molecule has 103 valence electrons. The maximum absolute atomic E-state index is 11.8. The molecule has 0 spiro atoms. The zero-order chi connectivity index (χ0) is 14.5. The van der Waals surface area contributed by atoms with Crippen LogP contribution in [0.1, 0.15) is 32.8 Å². The molecular formula is C14H17ClNO3. The van der Waals surface area contributed by atoms with E-state index in [-0.39, 0.29) is 12.4 Å². The number of hydrogen-bond acceptors (Lipinski definition) is 4. The molecule has 0 atom stereocenters. The molecule has 0 N–H and O–H groups in total. The molecule has 1 rings (SSSR count). The van der Waals surface area contributed by atoms with E-state index in [9.17, 15) is 4.79 Å². The van der Waals surface area contributed by atoms with Gasteiger partial charge in [-0.15, -0.1) is 0 Å². The number of oxime groups is 1. The number of ether oxygens (including phenoxy) is 1. The minimum atomic E-state index is -0.540. The monoisotopic (exact) mass is 282 g/mol. The van der Waals surface area contributed by atoms with Crippen molar-refractivity contribution in [2.45, 2.75) is 32.8 Å². The molecular weight excluding hydrogens is 266 g/mol. The van der Waals surface area contributed by atoms with Gasteiger partial charge in [0.2, 0.25) is 0 Å². The van der Waals surface area contributed by atoms with Gasteiger partial charge in [0, 0.05) is 10.6 Å². The van der Waals surface area contributed by atoms with E-state index in [4.69, 9.17) is 21.2 Å². The summed E-state index contributed by atoms with van der Waals surface area (Å²) in [7, 11) is 1.41. The Morgan fingerprint density at radius 3 is 2.68 bits per heavy atom. The lowest BCUT2D eigenvalue weighted by Gasteiger charge is -2.19. The summed E-state index contributed by atoms with van der Waals surface area (Å²) >= 11 is 6.06. The van der Waals surface area contributed by atoms with Crippen LogP contribution >= 0.6 is 11.6 Å². The molecule has 19 heavy (non-hydrogen) atoms. The highest BCUT2D eigenvalue weighted by atomic mass is 35.5. The number of esters is 1. The normalized spacial score (nSPS) is 12.2. The molecule has 0 aliphatic carbocycles. The third-order valence-corrected chi connectivity index (χ3v) is 2.38. The molecule has 0 heterocycles. The topological polar surface area (TPSA) is 47.9 Å². The van der Waals surface area contributed by atoms with Gasteiger partial charge in [-0.25, -0.2) is 0 Å². The fourth-order valence-corrected chi connectivity index (χ4v) is 1.66. The lowest BCUT2D eigenvalue weighted by Crippen LogP contribution is -2.25. The average molecular weight is 283 g/mol. The number of benzene rings is 1. The van der Waals surface area contributed by atoms with Gasteiger partial charge in [-0.2, -0.15) is 0 Å². The van der Waals surface area contributed by atoms with E-state index in [2.05, 4.69) is 11.2 Å². The summed E-state index contributed by atoms with van der Waals surface area (Å²) in [4.78, 5) is 16.6. The van der Waals surface area contributed by atoms with Gasteiger partial charge in [-0.05, 0) is 39.0 Å². The van der Waals surface area contributed by atoms with Crippen LogP contribution in [0, 0.1) is 6.07 Å². The van der Waals surface area contributed by atoms with Gasteiger partial charge in [0.1, 0.15) is 12.7 Å². The fraction of sp³-hybridized carbons (Fsp3) is 0.429. The molecule has 0 aromatic heterocycles. The van der Waals surface area contributed by atoms with Crippen molar-refractivity contribution in [3.05, 3.63) is 34.9 Å². The summed E-state index contributed by atoms with van der Waals surface area (Å²) in [5, 5.41) is 4.32. The van der Waals surface area contributed by atoms with Gasteiger partial charge < -0.3 is 9.57 Å². The van der Waals surface area contributed by atoms with E-state index in [0.717, 1.165) is 0 Å². The van der Waals surface area contributed by atoms with Crippen molar-refractivity contribution in [2.75, 3.05) is 7.11 Å². The highest BCUT2D eigenvalue weighted by Crippen LogP contribution is 2.18. The van der Waals surface area contributed by atoms with Crippen LogP contribution in [-0.2, 0) is 14.4 Å². The highest BCUT2D eigenvalue weighted by molar-refractivity contribution is 6.34. The van der Waals surface area contributed by atoms with Crippen LogP contribution in [0.15, 0.2) is 23.4 Å². The highest BCUT2D eigenvalue weighted by Gasteiger charge is 2.20. The minimum absolute atomic E-state index is 0.0112. The molecule has 0 unspecified atom stereocenters. The standard InChI is InChI=1S/C14H17ClNO3/c1-14(2,3)19-13(17)9-12(16-18-4)10-7-5-6-8-11(10)15/h6-8H,9H2,1-4H3. The lowest BCUT2D eigenvalue weighted by atomic mass is 10.1. The first kappa shape index (κ1) is 15.5. The maximum atomic E-state index is 11.8. The molecule has 0 saturated carbocycles. The number of carbonyl (C=O) groups excluding carboxylic acids is 1. The van der Waals surface area contributed by atoms with Crippen LogP contribution in [-0.4, -0.2) is 24.4 Å². The summed E-state index contributed by atoms with van der Waals surface area (Å²) < 4.78 is 5.25. The van der Waals surface area contributed by atoms with Crippen LogP contribution in [0.4, 0.5) is 0 Å². The molecule has 0 fully saturated rings. The van der Waals surface area contributed by atoms with Gasteiger partial charge in [0.25, 0.3) is 0 Å². The van der Waals surface area contributed by atoms with Gasteiger partial charge in [0.05, 0.1) is 12.1 Å². The summed E-state index contributed by atoms with van der Waals surface area (Å²) in [5.41, 5.74) is 0.484. The van der Waals surface area contributed by atoms with Crippen LogP contribution in [0.5, 0.6) is 0 Å². The summed E-state index contributed by atoms with van der Waals surface area (Å²) in [6.45, 7) is 5.42. The van der Waals surface area contributed by atoms with Crippen molar-refractivity contribution in [2.24, 2.45) is 5.16 Å². The zero-order valence-electron chi connectivity index (χ0n) is 11.5. The quantitative estimate of drug-likeness (QED) is 0.484. The van der Waals surface area contributed by atoms with Crippen molar-refractivity contribution < 1.29 is 14.4 Å². The second kappa shape index (κ2) is 6.57. The molecule has 0 aliphatic heterocycles. The van der Waals surface area contributed by atoms with Crippen LogP contribution in [0.25, 0.3) is 0 Å². The van der Waals surface area contributed by atoms with Crippen molar-refractivity contribution in [3.63, 3.8) is 0 Å². The predicted molar refractivity (Wildman–Crippen MR) is 74.3 cm³/mol. The van der Waals surface area contributed by atoms with Crippen LogP contribution < -0.4 is 0 Å². The number of hydrogen-bond donors (Lipinski definition) is 0. The van der Waals surface area contributed by atoms with Crippen LogP contribution in [0.3, 0.4) is 0 Å². The first-order valence-corrected chi connectivity index (χ1v) is 6.19. The third kappa shape index (κ3) is 5.30. The first-order valence-electron chi connectivity index (χ1n) is 5.81. The number of carbonyl (C=O) groups is 1. The van der Waals surface area contributed by atoms with Gasteiger partial charge in [-0.1, -0.05) is 22.8 Å². The average Bonchev–Trinajstić information content (AvgIpc) is 2.26.